The Balaban J connectivity index is 2.33. The molecule has 2 amide bonds. The molecular formula is C16H15FN2O3. The number of halogens is 1. The topological polar surface area (TPSA) is 81.4 Å². The molecule has 114 valence electrons. The second-order valence-electron chi connectivity index (χ2n) is 4.68. The van der Waals surface area contributed by atoms with E-state index in [0.717, 1.165) is 6.07 Å². The zero-order valence-corrected chi connectivity index (χ0v) is 12.1. The van der Waals surface area contributed by atoms with Crippen LogP contribution in [-0.4, -0.2) is 18.9 Å². The van der Waals surface area contributed by atoms with Gasteiger partial charge < -0.3 is 15.8 Å². The lowest BCUT2D eigenvalue weighted by atomic mass is 10.1. The van der Waals surface area contributed by atoms with Crippen molar-refractivity contribution in [1.82, 2.24) is 0 Å². The summed E-state index contributed by atoms with van der Waals surface area (Å²) in [7, 11) is 1.49. The van der Waals surface area contributed by atoms with E-state index in [1.807, 2.05) is 0 Å². The van der Waals surface area contributed by atoms with Crippen LogP contribution < -0.4 is 15.8 Å². The monoisotopic (exact) mass is 302 g/mol. The molecule has 0 aromatic heterocycles. The number of ether oxygens (including phenoxy) is 1. The molecule has 0 aliphatic rings. The van der Waals surface area contributed by atoms with Crippen LogP contribution in [0.25, 0.3) is 0 Å². The Bertz CT molecular complexity index is 744. The molecule has 22 heavy (non-hydrogen) atoms. The summed E-state index contributed by atoms with van der Waals surface area (Å²) in [6.07, 6.45) is 0. The number of rotatable bonds is 4. The number of nitrogens with one attached hydrogen (secondary N) is 1. The summed E-state index contributed by atoms with van der Waals surface area (Å²) in [6, 6.07) is 8.91. The van der Waals surface area contributed by atoms with Gasteiger partial charge in [-0.05, 0) is 37.3 Å². The molecule has 6 heteroatoms. The van der Waals surface area contributed by atoms with Gasteiger partial charge in [0.05, 0.1) is 7.11 Å². The third kappa shape index (κ3) is 3.22. The Morgan fingerprint density at radius 2 is 1.91 bits per heavy atom. The molecule has 0 bridgehead atoms. The first-order chi connectivity index (χ1) is 10.4. The number of hydrogen-bond acceptors (Lipinski definition) is 3. The van der Waals surface area contributed by atoms with Crippen molar-refractivity contribution in [3.05, 3.63) is 58.9 Å². The molecule has 0 spiro atoms. The average molecular weight is 302 g/mol. The summed E-state index contributed by atoms with van der Waals surface area (Å²) >= 11 is 0. The SMILES string of the molecule is COc1cccc(C(=O)Nc2cc(C(N)=O)cc(F)c2C)c1. The van der Waals surface area contributed by atoms with Gasteiger partial charge in [0.2, 0.25) is 5.91 Å². The van der Waals surface area contributed by atoms with Gasteiger partial charge in [-0.1, -0.05) is 6.07 Å². The van der Waals surface area contributed by atoms with E-state index in [2.05, 4.69) is 5.32 Å². The van der Waals surface area contributed by atoms with Crippen LogP contribution in [0.5, 0.6) is 5.75 Å². The predicted octanol–water partition coefficient (Wildman–Crippen LogP) is 2.49. The molecule has 2 aromatic carbocycles. The molecule has 0 unspecified atom stereocenters. The lowest BCUT2D eigenvalue weighted by Crippen LogP contribution is -2.16. The molecular weight excluding hydrogens is 287 g/mol. The zero-order chi connectivity index (χ0) is 16.3. The summed E-state index contributed by atoms with van der Waals surface area (Å²) in [5.74, 6) is -1.29. The molecule has 0 atom stereocenters. The van der Waals surface area contributed by atoms with Crippen LogP contribution in [0.1, 0.15) is 26.3 Å². The normalized spacial score (nSPS) is 10.1. The van der Waals surface area contributed by atoms with Gasteiger partial charge in [0.25, 0.3) is 5.91 Å². The van der Waals surface area contributed by atoms with Gasteiger partial charge in [-0.25, -0.2) is 4.39 Å². The summed E-state index contributed by atoms with van der Waals surface area (Å²) in [6.45, 7) is 1.50. The Kier molecular flexibility index (Phi) is 4.41. The van der Waals surface area contributed by atoms with E-state index in [1.54, 1.807) is 24.3 Å². The van der Waals surface area contributed by atoms with Crippen molar-refractivity contribution >= 4 is 17.5 Å². The van der Waals surface area contributed by atoms with Crippen molar-refractivity contribution in [2.24, 2.45) is 5.73 Å². The molecule has 0 heterocycles. The number of hydrogen-bond donors (Lipinski definition) is 2. The fraction of sp³-hybridized carbons (Fsp3) is 0.125. The highest BCUT2D eigenvalue weighted by atomic mass is 19.1. The molecule has 3 N–H and O–H groups in total. The van der Waals surface area contributed by atoms with Crippen LogP contribution >= 0.6 is 0 Å². The van der Waals surface area contributed by atoms with Gasteiger partial charge in [0, 0.05) is 22.4 Å². The van der Waals surface area contributed by atoms with E-state index in [0.29, 0.717) is 11.3 Å². The first kappa shape index (κ1) is 15.5. The minimum absolute atomic E-state index is 0.0101. The van der Waals surface area contributed by atoms with Crippen LogP contribution in [0.2, 0.25) is 0 Å². The van der Waals surface area contributed by atoms with Gasteiger partial charge >= 0.3 is 0 Å². The first-order valence-electron chi connectivity index (χ1n) is 6.47. The maximum Gasteiger partial charge on any atom is 0.255 e. The number of nitrogens with two attached hydrogens (primary N) is 1. The molecule has 0 saturated heterocycles. The van der Waals surface area contributed by atoms with Crippen LogP contribution in [-0.2, 0) is 0 Å². The summed E-state index contributed by atoms with van der Waals surface area (Å²) < 4.78 is 18.8. The maximum atomic E-state index is 13.8. The largest absolute Gasteiger partial charge is 0.497 e. The molecule has 0 saturated carbocycles. The summed E-state index contributed by atoms with van der Waals surface area (Å²) in [5, 5.41) is 2.57. The van der Waals surface area contributed by atoms with Gasteiger partial charge in [-0.2, -0.15) is 0 Å². The molecule has 0 aliphatic carbocycles. The molecule has 5 nitrogen and oxygen atoms in total. The van der Waals surface area contributed by atoms with E-state index >= 15 is 0 Å². The van der Waals surface area contributed by atoms with Gasteiger partial charge in [-0.15, -0.1) is 0 Å². The van der Waals surface area contributed by atoms with Crippen molar-refractivity contribution in [3.8, 4) is 5.75 Å². The third-order valence-corrected chi connectivity index (χ3v) is 3.21. The first-order valence-corrected chi connectivity index (χ1v) is 6.47. The second kappa shape index (κ2) is 6.26. The number of benzene rings is 2. The highest BCUT2D eigenvalue weighted by molar-refractivity contribution is 6.05. The lowest BCUT2D eigenvalue weighted by Gasteiger charge is -2.11. The minimum atomic E-state index is -0.768. The Labute approximate surface area is 126 Å². The number of amides is 2. The molecule has 2 aromatic rings. The maximum absolute atomic E-state index is 13.8. The smallest absolute Gasteiger partial charge is 0.255 e. The Morgan fingerprint density at radius 1 is 1.18 bits per heavy atom. The number of primary amides is 1. The standard InChI is InChI=1S/C16H15FN2O3/c1-9-13(17)7-11(15(18)20)8-14(9)19-16(21)10-4-3-5-12(6-10)22-2/h3-8H,1-2H3,(H2,18,20)(H,19,21). The molecule has 2 rings (SSSR count). The molecule has 0 fully saturated rings. The number of methoxy groups -OCH3 is 1. The van der Waals surface area contributed by atoms with Gasteiger partial charge in [0.1, 0.15) is 11.6 Å². The van der Waals surface area contributed by atoms with Crippen molar-refractivity contribution in [1.29, 1.82) is 0 Å². The fourth-order valence-electron chi connectivity index (χ4n) is 1.91. The fourth-order valence-corrected chi connectivity index (χ4v) is 1.91. The van der Waals surface area contributed by atoms with Crippen molar-refractivity contribution in [2.75, 3.05) is 12.4 Å². The van der Waals surface area contributed by atoms with E-state index in [4.69, 9.17) is 10.5 Å². The van der Waals surface area contributed by atoms with Crippen molar-refractivity contribution < 1.29 is 18.7 Å². The quantitative estimate of drug-likeness (QED) is 0.910. The van der Waals surface area contributed by atoms with Crippen LogP contribution in [0, 0.1) is 12.7 Å². The van der Waals surface area contributed by atoms with E-state index in [9.17, 15) is 14.0 Å². The zero-order valence-electron chi connectivity index (χ0n) is 12.1. The van der Waals surface area contributed by atoms with Gasteiger partial charge in [0.15, 0.2) is 0 Å². The lowest BCUT2D eigenvalue weighted by molar-refractivity contribution is 0.0995. The number of anilines is 1. The van der Waals surface area contributed by atoms with Crippen molar-refractivity contribution in [3.63, 3.8) is 0 Å². The highest BCUT2D eigenvalue weighted by Gasteiger charge is 2.14. The average Bonchev–Trinajstić information content (AvgIpc) is 2.51. The van der Waals surface area contributed by atoms with Gasteiger partial charge in [-0.3, -0.25) is 9.59 Å². The number of carbonyl (C=O) groups is 2. The van der Waals surface area contributed by atoms with Crippen LogP contribution in [0.15, 0.2) is 36.4 Å². The highest BCUT2D eigenvalue weighted by Crippen LogP contribution is 2.22. The predicted molar refractivity (Wildman–Crippen MR) is 80.6 cm³/mol. The Morgan fingerprint density at radius 3 is 2.55 bits per heavy atom. The van der Waals surface area contributed by atoms with E-state index < -0.39 is 17.6 Å². The summed E-state index contributed by atoms with van der Waals surface area (Å²) in [4.78, 5) is 23.4. The molecule has 0 radical (unpaired) electrons. The molecule has 0 aliphatic heterocycles. The minimum Gasteiger partial charge on any atom is -0.497 e. The van der Waals surface area contributed by atoms with E-state index in [-0.39, 0.29) is 16.8 Å². The van der Waals surface area contributed by atoms with Crippen molar-refractivity contribution in [2.45, 2.75) is 6.92 Å². The van der Waals surface area contributed by atoms with E-state index in [1.165, 1.54) is 20.1 Å². The Hall–Kier alpha value is -2.89. The van der Waals surface area contributed by atoms with Crippen LogP contribution in [0.3, 0.4) is 0 Å². The van der Waals surface area contributed by atoms with Crippen LogP contribution in [0.4, 0.5) is 10.1 Å². The second-order valence-corrected chi connectivity index (χ2v) is 4.68. The third-order valence-electron chi connectivity index (χ3n) is 3.21. The summed E-state index contributed by atoms with van der Waals surface area (Å²) in [5.41, 5.74) is 5.91. The number of carbonyl (C=O) groups excluding carboxylic acids is 2.